The molecule has 2 rings (SSSR count). The average molecular weight is 305 g/mol. The predicted molar refractivity (Wildman–Crippen MR) is 78.2 cm³/mol. The van der Waals surface area contributed by atoms with Crippen molar-refractivity contribution in [2.45, 2.75) is 6.54 Å². The third kappa shape index (κ3) is 4.35. The minimum atomic E-state index is -0.326. The monoisotopic (exact) mass is 304 g/mol. The number of carbonyl (C=O) groups excluding carboxylic acids is 1. The standard InChI is InChI=1S/C13H17ClN2O2.ClH/c1-18-13(17)10-2-3-12(14)11(8-10)9-16-6-4-15-5-7-16;/h2-3,8,15H,4-7,9H2,1H3;1H. The number of esters is 1. The summed E-state index contributed by atoms with van der Waals surface area (Å²) in [5, 5.41) is 4.00. The Morgan fingerprint density at radius 1 is 1.42 bits per heavy atom. The molecule has 1 heterocycles. The van der Waals surface area contributed by atoms with Crippen LogP contribution >= 0.6 is 24.0 Å². The van der Waals surface area contributed by atoms with E-state index in [1.165, 1.54) is 7.11 Å². The van der Waals surface area contributed by atoms with E-state index in [4.69, 9.17) is 16.3 Å². The van der Waals surface area contributed by atoms with Gasteiger partial charge in [0.2, 0.25) is 0 Å². The van der Waals surface area contributed by atoms with Crippen LogP contribution in [0.1, 0.15) is 15.9 Å². The zero-order chi connectivity index (χ0) is 13.0. The van der Waals surface area contributed by atoms with Crippen LogP contribution in [0.2, 0.25) is 5.02 Å². The average Bonchev–Trinajstić information content (AvgIpc) is 2.41. The molecule has 0 aromatic heterocycles. The van der Waals surface area contributed by atoms with Crippen LogP contribution < -0.4 is 5.32 Å². The first-order chi connectivity index (χ1) is 8.70. The van der Waals surface area contributed by atoms with Gasteiger partial charge in [0.1, 0.15) is 0 Å². The molecule has 1 aliphatic heterocycles. The molecule has 1 N–H and O–H groups in total. The molecule has 0 spiro atoms. The highest BCUT2D eigenvalue weighted by Gasteiger charge is 2.14. The lowest BCUT2D eigenvalue weighted by atomic mass is 10.1. The summed E-state index contributed by atoms with van der Waals surface area (Å²) in [5.41, 5.74) is 1.52. The summed E-state index contributed by atoms with van der Waals surface area (Å²) in [6.07, 6.45) is 0. The fourth-order valence-corrected chi connectivity index (χ4v) is 2.23. The first-order valence-electron chi connectivity index (χ1n) is 6.00. The van der Waals surface area contributed by atoms with Crippen LogP contribution in [0.3, 0.4) is 0 Å². The van der Waals surface area contributed by atoms with Crippen molar-refractivity contribution in [1.82, 2.24) is 10.2 Å². The maximum Gasteiger partial charge on any atom is 0.337 e. The van der Waals surface area contributed by atoms with Gasteiger partial charge in [0.05, 0.1) is 12.7 Å². The summed E-state index contributed by atoms with van der Waals surface area (Å²) in [6.45, 7) is 4.76. The van der Waals surface area contributed by atoms with Crippen molar-refractivity contribution in [2.24, 2.45) is 0 Å². The summed E-state index contributed by atoms with van der Waals surface area (Å²) < 4.78 is 4.72. The lowest BCUT2D eigenvalue weighted by molar-refractivity contribution is 0.0600. The van der Waals surface area contributed by atoms with Crippen LogP contribution in [0, 0.1) is 0 Å². The number of rotatable bonds is 3. The Bertz CT molecular complexity index is 435. The molecular formula is C13H18Cl2N2O2. The summed E-state index contributed by atoms with van der Waals surface area (Å²) in [4.78, 5) is 13.8. The number of methoxy groups -OCH3 is 1. The highest BCUT2D eigenvalue weighted by atomic mass is 35.5. The van der Waals surface area contributed by atoms with Crippen molar-refractivity contribution in [2.75, 3.05) is 33.3 Å². The number of hydrogen-bond donors (Lipinski definition) is 1. The van der Waals surface area contributed by atoms with E-state index in [-0.39, 0.29) is 18.4 Å². The van der Waals surface area contributed by atoms with Crippen molar-refractivity contribution in [3.63, 3.8) is 0 Å². The van der Waals surface area contributed by atoms with E-state index in [1.807, 2.05) is 6.07 Å². The number of halogens is 2. The number of nitrogens with zero attached hydrogens (tertiary/aromatic N) is 1. The summed E-state index contributed by atoms with van der Waals surface area (Å²) in [5.74, 6) is -0.326. The summed E-state index contributed by atoms with van der Waals surface area (Å²) >= 11 is 6.17. The molecule has 0 saturated carbocycles. The van der Waals surface area contributed by atoms with E-state index in [0.29, 0.717) is 10.6 Å². The fourth-order valence-electron chi connectivity index (χ4n) is 2.05. The molecule has 6 heteroatoms. The van der Waals surface area contributed by atoms with E-state index in [0.717, 1.165) is 38.3 Å². The second-order valence-electron chi connectivity index (χ2n) is 4.32. The zero-order valence-corrected chi connectivity index (χ0v) is 12.4. The normalized spacial score (nSPS) is 15.7. The lowest BCUT2D eigenvalue weighted by Crippen LogP contribution is -2.42. The van der Waals surface area contributed by atoms with Gasteiger partial charge < -0.3 is 10.1 Å². The van der Waals surface area contributed by atoms with E-state index < -0.39 is 0 Å². The van der Waals surface area contributed by atoms with Gasteiger partial charge in [-0.1, -0.05) is 11.6 Å². The van der Waals surface area contributed by atoms with Crippen LogP contribution in [-0.2, 0) is 11.3 Å². The number of hydrogen-bond acceptors (Lipinski definition) is 4. The van der Waals surface area contributed by atoms with E-state index in [1.54, 1.807) is 12.1 Å². The molecule has 0 aliphatic carbocycles. The first kappa shape index (κ1) is 16.2. The topological polar surface area (TPSA) is 41.6 Å². The fraction of sp³-hybridized carbons (Fsp3) is 0.462. The van der Waals surface area contributed by atoms with Gasteiger partial charge >= 0.3 is 5.97 Å². The van der Waals surface area contributed by atoms with Crippen LogP contribution in [0.5, 0.6) is 0 Å². The molecule has 1 aromatic rings. The van der Waals surface area contributed by atoms with Crippen LogP contribution in [0.25, 0.3) is 0 Å². The molecular weight excluding hydrogens is 287 g/mol. The summed E-state index contributed by atoms with van der Waals surface area (Å²) in [7, 11) is 1.38. The largest absolute Gasteiger partial charge is 0.465 e. The Balaban J connectivity index is 0.00000180. The number of ether oxygens (including phenoxy) is 1. The molecule has 1 aliphatic rings. The molecule has 1 saturated heterocycles. The third-order valence-corrected chi connectivity index (χ3v) is 3.44. The van der Waals surface area contributed by atoms with Crippen molar-refractivity contribution in [3.05, 3.63) is 34.3 Å². The first-order valence-corrected chi connectivity index (χ1v) is 6.38. The van der Waals surface area contributed by atoms with Crippen molar-refractivity contribution in [1.29, 1.82) is 0 Å². The molecule has 0 amide bonds. The molecule has 0 atom stereocenters. The van der Waals surface area contributed by atoms with Gasteiger partial charge in [-0.2, -0.15) is 0 Å². The highest BCUT2D eigenvalue weighted by molar-refractivity contribution is 6.31. The second kappa shape index (κ2) is 7.70. The second-order valence-corrected chi connectivity index (χ2v) is 4.73. The van der Waals surface area contributed by atoms with E-state index >= 15 is 0 Å². The molecule has 0 bridgehead atoms. The van der Waals surface area contributed by atoms with Crippen LogP contribution in [-0.4, -0.2) is 44.2 Å². The van der Waals surface area contributed by atoms with Gasteiger partial charge in [-0.3, -0.25) is 4.90 Å². The Hall–Kier alpha value is -0.810. The number of nitrogens with one attached hydrogen (secondary N) is 1. The molecule has 1 fully saturated rings. The Morgan fingerprint density at radius 3 is 2.74 bits per heavy atom. The highest BCUT2D eigenvalue weighted by Crippen LogP contribution is 2.20. The minimum Gasteiger partial charge on any atom is -0.465 e. The number of carbonyl (C=O) groups is 1. The molecule has 106 valence electrons. The van der Waals surface area contributed by atoms with Crippen molar-refractivity contribution in [3.8, 4) is 0 Å². The maximum absolute atomic E-state index is 11.5. The van der Waals surface area contributed by atoms with Crippen LogP contribution in [0.15, 0.2) is 18.2 Å². The SMILES string of the molecule is COC(=O)c1ccc(Cl)c(CN2CCNCC2)c1.Cl. The smallest absolute Gasteiger partial charge is 0.337 e. The predicted octanol–water partition coefficient (Wildman–Crippen LogP) is 1.95. The Kier molecular flexibility index (Phi) is 6.58. The quantitative estimate of drug-likeness (QED) is 0.867. The van der Waals surface area contributed by atoms with Crippen molar-refractivity contribution >= 4 is 30.0 Å². The zero-order valence-electron chi connectivity index (χ0n) is 10.8. The van der Waals surface area contributed by atoms with Gasteiger partial charge in [-0.25, -0.2) is 4.79 Å². The van der Waals surface area contributed by atoms with Gasteiger partial charge in [-0.15, -0.1) is 12.4 Å². The molecule has 0 radical (unpaired) electrons. The van der Waals surface area contributed by atoms with E-state index in [2.05, 4.69) is 10.2 Å². The van der Waals surface area contributed by atoms with Gasteiger partial charge in [-0.05, 0) is 23.8 Å². The summed E-state index contributed by atoms with van der Waals surface area (Å²) in [6, 6.07) is 5.26. The Labute approximate surface area is 124 Å². The van der Waals surface area contributed by atoms with Gasteiger partial charge in [0.15, 0.2) is 0 Å². The molecule has 4 nitrogen and oxygen atoms in total. The van der Waals surface area contributed by atoms with Gasteiger partial charge in [0.25, 0.3) is 0 Å². The van der Waals surface area contributed by atoms with Crippen molar-refractivity contribution < 1.29 is 9.53 Å². The maximum atomic E-state index is 11.5. The third-order valence-electron chi connectivity index (χ3n) is 3.07. The minimum absolute atomic E-state index is 0. The Morgan fingerprint density at radius 2 is 2.11 bits per heavy atom. The molecule has 0 unspecified atom stereocenters. The van der Waals surface area contributed by atoms with Gasteiger partial charge in [0, 0.05) is 37.7 Å². The molecule has 19 heavy (non-hydrogen) atoms. The van der Waals surface area contributed by atoms with Crippen LogP contribution in [0.4, 0.5) is 0 Å². The molecule has 1 aromatic carbocycles. The lowest BCUT2D eigenvalue weighted by Gasteiger charge is -2.27. The number of piperazine rings is 1. The number of benzene rings is 1. The van der Waals surface area contributed by atoms with E-state index in [9.17, 15) is 4.79 Å².